The Balaban J connectivity index is 2.22. The molecule has 5 heteroatoms. The summed E-state index contributed by atoms with van der Waals surface area (Å²) in [5.74, 6) is 0.691. The van der Waals surface area contributed by atoms with Crippen molar-refractivity contribution in [3.8, 4) is 0 Å². The number of thioether (sulfide) groups is 1. The van der Waals surface area contributed by atoms with Crippen LogP contribution in [0.2, 0.25) is 0 Å². The van der Waals surface area contributed by atoms with E-state index in [1.165, 1.54) is 0 Å². The molecule has 0 fully saturated rings. The number of nitrogens with one attached hydrogen (secondary N) is 1. The second kappa shape index (κ2) is 6.00. The van der Waals surface area contributed by atoms with Gasteiger partial charge in [-0.15, -0.1) is 11.3 Å². The van der Waals surface area contributed by atoms with E-state index in [-0.39, 0.29) is 11.6 Å². The monoisotopic (exact) mass is 260 g/mol. The van der Waals surface area contributed by atoms with Crippen molar-refractivity contribution < 1.29 is 5.11 Å². The van der Waals surface area contributed by atoms with Gasteiger partial charge in [0.2, 0.25) is 0 Å². The first-order chi connectivity index (χ1) is 7.37. The number of aliphatic hydroxyl groups excluding tert-OH is 1. The van der Waals surface area contributed by atoms with Gasteiger partial charge in [0.25, 0.3) is 0 Å². The second-order valence-electron chi connectivity index (χ2n) is 4.85. The molecule has 1 unspecified atom stereocenters. The van der Waals surface area contributed by atoms with Gasteiger partial charge in [0.15, 0.2) is 0 Å². The van der Waals surface area contributed by atoms with Gasteiger partial charge in [-0.2, -0.15) is 0 Å². The zero-order valence-electron chi connectivity index (χ0n) is 10.3. The summed E-state index contributed by atoms with van der Waals surface area (Å²) in [7, 11) is 0. The van der Waals surface area contributed by atoms with Gasteiger partial charge in [0.05, 0.1) is 6.10 Å². The summed E-state index contributed by atoms with van der Waals surface area (Å²) < 4.78 is 1.03. The third-order valence-corrected chi connectivity index (χ3v) is 4.15. The average molecular weight is 260 g/mol. The average Bonchev–Trinajstić information content (AvgIpc) is 2.57. The fourth-order valence-corrected chi connectivity index (χ4v) is 2.85. The number of thiazole rings is 1. The van der Waals surface area contributed by atoms with Crippen LogP contribution in [0.1, 0.15) is 26.5 Å². The second-order valence-corrected chi connectivity index (χ2v) is 6.98. The van der Waals surface area contributed by atoms with E-state index < -0.39 is 0 Å². The van der Waals surface area contributed by atoms with Crippen molar-refractivity contribution in [2.75, 3.05) is 12.3 Å². The molecule has 0 amide bonds. The zero-order chi connectivity index (χ0) is 12.2. The number of hydrogen-bond donors (Lipinski definition) is 2. The van der Waals surface area contributed by atoms with E-state index in [0.29, 0.717) is 12.3 Å². The number of rotatable bonds is 5. The Hall–Kier alpha value is -0.100. The van der Waals surface area contributed by atoms with Gasteiger partial charge in [-0.1, -0.05) is 11.8 Å². The van der Waals surface area contributed by atoms with Crippen molar-refractivity contribution in [1.82, 2.24) is 10.3 Å². The number of hydrogen-bond acceptors (Lipinski definition) is 5. The van der Waals surface area contributed by atoms with Gasteiger partial charge in [0, 0.05) is 28.9 Å². The first-order valence-corrected chi connectivity index (χ1v) is 7.21. The Morgan fingerprint density at radius 1 is 1.56 bits per heavy atom. The fraction of sp³-hybridized carbons (Fsp3) is 0.727. The molecule has 0 spiro atoms. The van der Waals surface area contributed by atoms with Crippen LogP contribution in [-0.2, 0) is 0 Å². The van der Waals surface area contributed by atoms with E-state index in [1.54, 1.807) is 23.1 Å². The lowest BCUT2D eigenvalue weighted by molar-refractivity contribution is 0.183. The van der Waals surface area contributed by atoms with Crippen molar-refractivity contribution >= 4 is 23.1 Å². The van der Waals surface area contributed by atoms with Crippen molar-refractivity contribution in [1.29, 1.82) is 0 Å². The Morgan fingerprint density at radius 2 is 2.25 bits per heavy atom. The molecule has 16 heavy (non-hydrogen) atoms. The van der Waals surface area contributed by atoms with E-state index in [4.69, 9.17) is 0 Å². The lowest BCUT2D eigenvalue weighted by Crippen LogP contribution is -2.41. The Kier molecular flexibility index (Phi) is 5.24. The van der Waals surface area contributed by atoms with Gasteiger partial charge < -0.3 is 10.4 Å². The summed E-state index contributed by atoms with van der Waals surface area (Å²) in [4.78, 5) is 4.34. The first-order valence-electron chi connectivity index (χ1n) is 5.35. The predicted molar refractivity (Wildman–Crippen MR) is 71.3 cm³/mol. The molecule has 0 aliphatic carbocycles. The zero-order valence-corrected chi connectivity index (χ0v) is 11.9. The van der Waals surface area contributed by atoms with Crippen LogP contribution in [0.3, 0.4) is 0 Å². The standard InChI is InChI=1S/C11H20N2OS2/c1-8-6-15-10(13-8)16-7-9(14)5-12-11(2,3)4/h6,9,12,14H,5,7H2,1-4H3. The third-order valence-electron chi connectivity index (χ3n) is 1.87. The summed E-state index contributed by atoms with van der Waals surface area (Å²) >= 11 is 3.25. The molecular weight excluding hydrogens is 240 g/mol. The van der Waals surface area contributed by atoms with Gasteiger partial charge >= 0.3 is 0 Å². The lowest BCUT2D eigenvalue weighted by Gasteiger charge is -2.22. The maximum absolute atomic E-state index is 9.77. The predicted octanol–water partition coefficient (Wildman–Crippen LogP) is 2.29. The molecule has 1 aromatic rings. The highest BCUT2D eigenvalue weighted by molar-refractivity contribution is 8.01. The van der Waals surface area contributed by atoms with E-state index in [2.05, 4.69) is 31.1 Å². The summed E-state index contributed by atoms with van der Waals surface area (Å²) in [5, 5.41) is 15.1. The largest absolute Gasteiger partial charge is 0.391 e. The molecule has 0 aliphatic heterocycles. The highest BCUT2D eigenvalue weighted by atomic mass is 32.2. The molecule has 1 aromatic heterocycles. The van der Waals surface area contributed by atoms with Crippen LogP contribution in [0.5, 0.6) is 0 Å². The summed E-state index contributed by atoms with van der Waals surface area (Å²) in [6.07, 6.45) is -0.326. The molecule has 92 valence electrons. The van der Waals surface area contributed by atoms with Crippen LogP contribution >= 0.6 is 23.1 Å². The molecule has 0 aromatic carbocycles. The molecule has 0 aliphatic rings. The Morgan fingerprint density at radius 3 is 2.75 bits per heavy atom. The molecule has 3 nitrogen and oxygen atoms in total. The third kappa shape index (κ3) is 5.84. The quantitative estimate of drug-likeness (QED) is 0.797. The smallest absolute Gasteiger partial charge is 0.150 e. The molecule has 0 radical (unpaired) electrons. The number of aromatic nitrogens is 1. The number of nitrogens with zero attached hydrogens (tertiary/aromatic N) is 1. The minimum atomic E-state index is -0.326. The van der Waals surface area contributed by atoms with Crippen molar-refractivity contribution in [2.45, 2.75) is 43.7 Å². The minimum Gasteiger partial charge on any atom is -0.391 e. The van der Waals surface area contributed by atoms with Crippen molar-refractivity contribution in [3.63, 3.8) is 0 Å². The SMILES string of the molecule is Cc1csc(SCC(O)CNC(C)(C)C)n1. The topological polar surface area (TPSA) is 45.1 Å². The van der Waals surface area contributed by atoms with Crippen molar-refractivity contribution in [2.24, 2.45) is 0 Å². The van der Waals surface area contributed by atoms with Crippen molar-refractivity contribution in [3.05, 3.63) is 11.1 Å². The van der Waals surface area contributed by atoms with Crippen LogP contribution in [0.25, 0.3) is 0 Å². The van der Waals surface area contributed by atoms with Crippen LogP contribution in [0.4, 0.5) is 0 Å². The van der Waals surface area contributed by atoms with Gasteiger partial charge in [-0.05, 0) is 27.7 Å². The van der Waals surface area contributed by atoms with E-state index >= 15 is 0 Å². The van der Waals surface area contributed by atoms with Crippen LogP contribution in [0, 0.1) is 6.92 Å². The Bertz CT molecular complexity index is 320. The number of aryl methyl sites for hydroxylation is 1. The van der Waals surface area contributed by atoms with Crippen LogP contribution < -0.4 is 5.32 Å². The number of aliphatic hydroxyl groups is 1. The lowest BCUT2D eigenvalue weighted by atomic mass is 10.1. The fourth-order valence-electron chi connectivity index (χ4n) is 1.05. The molecule has 0 bridgehead atoms. The maximum Gasteiger partial charge on any atom is 0.150 e. The normalized spacial score (nSPS) is 14.1. The highest BCUT2D eigenvalue weighted by Crippen LogP contribution is 2.22. The summed E-state index contributed by atoms with van der Waals surface area (Å²) in [6, 6.07) is 0. The van der Waals surface area contributed by atoms with Gasteiger partial charge in [0.1, 0.15) is 4.34 Å². The van der Waals surface area contributed by atoms with E-state index in [9.17, 15) is 5.11 Å². The summed E-state index contributed by atoms with van der Waals surface area (Å²) in [6.45, 7) is 8.89. The molecule has 0 saturated carbocycles. The van der Waals surface area contributed by atoms with E-state index in [0.717, 1.165) is 10.0 Å². The molecule has 1 heterocycles. The summed E-state index contributed by atoms with van der Waals surface area (Å²) in [5.41, 5.74) is 1.11. The van der Waals surface area contributed by atoms with Crippen LogP contribution in [-0.4, -0.2) is 34.0 Å². The molecule has 2 N–H and O–H groups in total. The highest BCUT2D eigenvalue weighted by Gasteiger charge is 2.12. The number of β-amino-alcohol motifs (C(OH)–C–C–N with tert-alkyl or cyclic N) is 1. The molecule has 1 rings (SSSR count). The molecule has 0 saturated heterocycles. The van der Waals surface area contributed by atoms with Gasteiger partial charge in [-0.3, -0.25) is 0 Å². The van der Waals surface area contributed by atoms with E-state index in [1.807, 2.05) is 12.3 Å². The first kappa shape index (κ1) is 14.0. The Labute approximate surface area is 106 Å². The maximum atomic E-state index is 9.77. The molecular formula is C11H20N2OS2. The minimum absolute atomic E-state index is 0.0589. The molecule has 1 atom stereocenters. The van der Waals surface area contributed by atoms with Crippen LogP contribution in [0.15, 0.2) is 9.72 Å². The van der Waals surface area contributed by atoms with Gasteiger partial charge in [-0.25, -0.2) is 4.98 Å².